The van der Waals surface area contributed by atoms with Gasteiger partial charge in [0.25, 0.3) is 5.91 Å². The zero-order valence-electron chi connectivity index (χ0n) is 18.3. The topological polar surface area (TPSA) is 44.7 Å². The Balaban J connectivity index is 1.39. The highest BCUT2D eigenvalue weighted by molar-refractivity contribution is 8.03. The highest BCUT2D eigenvalue weighted by Crippen LogP contribution is 2.44. The monoisotopic (exact) mass is 443 g/mol. The van der Waals surface area contributed by atoms with E-state index in [0.717, 1.165) is 48.8 Å². The van der Waals surface area contributed by atoms with Crippen molar-refractivity contribution in [2.45, 2.75) is 43.4 Å². The van der Waals surface area contributed by atoms with Crippen LogP contribution >= 0.6 is 11.8 Å². The number of amidine groups is 1. The van der Waals surface area contributed by atoms with E-state index >= 15 is 0 Å². The highest BCUT2D eigenvalue weighted by atomic mass is 32.2. The molecule has 1 aliphatic carbocycles. The smallest absolute Gasteiger partial charge is 0.251 e. The molecule has 1 saturated heterocycles. The Bertz CT molecular complexity index is 1080. The van der Waals surface area contributed by atoms with Crippen LogP contribution in [0.4, 0.5) is 5.69 Å². The Morgan fingerprint density at radius 2 is 1.81 bits per heavy atom. The molecule has 0 bridgehead atoms. The van der Waals surface area contributed by atoms with E-state index in [1.165, 1.54) is 35.3 Å². The van der Waals surface area contributed by atoms with Crippen LogP contribution in [0.3, 0.4) is 0 Å². The molecule has 0 aromatic heterocycles. The van der Waals surface area contributed by atoms with Gasteiger partial charge in [-0.25, -0.2) is 4.99 Å². The second kappa shape index (κ2) is 9.78. The predicted octanol–water partition coefficient (Wildman–Crippen LogP) is 5.88. The first kappa shape index (κ1) is 21.1. The molecule has 2 heterocycles. The standard InChI is InChI=1S/C27H29N3OS/c31-27(28-16-15-20-9-3-1-4-10-20)21-13-14-25-23(19-21)29-26(30-17-7-2-8-18-30)22-11-5-6-12-24(22)32-25/h1,3-4,9-14,19H,2,5-8,15-18H2,(H,28,31). The molecule has 0 unspecified atom stereocenters. The molecule has 164 valence electrons. The number of benzene rings is 2. The minimum absolute atomic E-state index is 0.0384. The third-order valence-electron chi connectivity index (χ3n) is 6.22. The molecule has 1 N–H and O–H groups in total. The average molecular weight is 444 g/mol. The molecule has 5 rings (SSSR count). The van der Waals surface area contributed by atoms with Gasteiger partial charge in [-0.05, 0) is 62.3 Å². The van der Waals surface area contributed by atoms with Crippen LogP contribution in [0.25, 0.3) is 0 Å². The molecular formula is C27H29N3OS. The summed E-state index contributed by atoms with van der Waals surface area (Å²) < 4.78 is 0. The van der Waals surface area contributed by atoms with Gasteiger partial charge in [-0.1, -0.05) is 54.2 Å². The van der Waals surface area contributed by atoms with Gasteiger partial charge >= 0.3 is 0 Å². The number of carbonyl (C=O) groups excluding carboxylic acids is 1. The predicted molar refractivity (Wildman–Crippen MR) is 133 cm³/mol. The number of nitrogens with one attached hydrogen (secondary N) is 1. The van der Waals surface area contributed by atoms with E-state index in [4.69, 9.17) is 4.99 Å². The molecule has 0 saturated carbocycles. The zero-order valence-corrected chi connectivity index (χ0v) is 19.2. The van der Waals surface area contributed by atoms with Gasteiger partial charge in [-0.3, -0.25) is 4.79 Å². The Kier molecular flexibility index (Phi) is 6.44. The van der Waals surface area contributed by atoms with Crippen LogP contribution in [0.1, 0.15) is 48.0 Å². The van der Waals surface area contributed by atoms with E-state index in [1.54, 1.807) is 11.8 Å². The number of rotatable bonds is 4. The van der Waals surface area contributed by atoms with Crippen LogP contribution in [-0.4, -0.2) is 36.3 Å². The molecule has 4 nitrogen and oxygen atoms in total. The Morgan fingerprint density at radius 1 is 1.00 bits per heavy atom. The van der Waals surface area contributed by atoms with Crippen molar-refractivity contribution in [3.05, 3.63) is 82.3 Å². The van der Waals surface area contributed by atoms with Crippen molar-refractivity contribution in [3.63, 3.8) is 0 Å². The van der Waals surface area contributed by atoms with Crippen LogP contribution in [0, 0.1) is 0 Å². The minimum atomic E-state index is -0.0384. The number of nitrogens with zero attached hydrogens (tertiary/aromatic N) is 2. The fraction of sp³-hybridized carbons (Fsp3) is 0.333. The lowest BCUT2D eigenvalue weighted by atomic mass is 10.0. The fourth-order valence-corrected chi connectivity index (χ4v) is 5.56. The summed E-state index contributed by atoms with van der Waals surface area (Å²) in [7, 11) is 0. The van der Waals surface area contributed by atoms with Gasteiger partial charge in [0.15, 0.2) is 0 Å². The minimum Gasteiger partial charge on any atom is -0.356 e. The molecule has 0 atom stereocenters. The first-order valence-electron chi connectivity index (χ1n) is 11.7. The van der Waals surface area contributed by atoms with Crippen molar-refractivity contribution in [2.24, 2.45) is 4.99 Å². The first-order chi connectivity index (χ1) is 15.8. The molecule has 2 aliphatic heterocycles. The Labute approximate surface area is 194 Å². The summed E-state index contributed by atoms with van der Waals surface area (Å²) in [6.45, 7) is 2.74. The molecule has 3 aliphatic rings. The van der Waals surface area contributed by atoms with Crippen LogP contribution < -0.4 is 5.32 Å². The molecule has 1 fully saturated rings. The van der Waals surface area contributed by atoms with Crippen molar-refractivity contribution in [1.82, 2.24) is 10.2 Å². The van der Waals surface area contributed by atoms with Crippen molar-refractivity contribution in [3.8, 4) is 0 Å². The molecule has 1 amide bonds. The Morgan fingerprint density at radius 3 is 2.66 bits per heavy atom. The van der Waals surface area contributed by atoms with Gasteiger partial charge in [0.2, 0.25) is 0 Å². The van der Waals surface area contributed by atoms with Crippen molar-refractivity contribution < 1.29 is 4.79 Å². The maximum Gasteiger partial charge on any atom is 0.251 e. The SMILES string of the molecule is O=C(NCCc1ccccc1)c1ccc2c(c1)N=C(N1CCCCC1)C1=CCCC=C1S2. The molecule has 0 radical (unpaired) electrons. The van der Waals surface area contributed by atoms with Crippen molar-refractivity contribution in [1.29, 1.82) is 0 Å². The maximum absolute atomic E-state index is 12.8. The van der Waals surface area contributed by atoms with Crippen molar-refractivity contribution >= 4 is 29.2 Å². The summed E-state index contributed by atoms with van der Waals surface area (Å²) >= 11 is 1.78. The normalized spacial score (nSPS) is 17.9. The number of fused-ring (bicyclic) bond motifs is 2. The van der Waals surface area contributed by atoms with Gasteiger partial charge in [0, 0.05) is 40.6 Å². The molecule has 2 aromatic rings. The molecule has 0 spiro atoms. The van der Waals surface area contributed by atoms with Gasteiger partial charge in [0.1, 0.15) is 5.84 Å². The lowest BCUT2D eigenvalue weighted by Gasteiger charge is -2.31. The van der Waals surface area contributed by atoms with E-state index in [-0.39, 0.29) is 5.91 Å². The van der Waals surface area contributed by atoms with Crippen LogP contribution in [0.5, 0.6) is 0 Å². The summed E-state index contributed by atoms with van der Waals surface area (Å²) in [4.78, 5) is 22.9. The molecule has 5 heteroatoms. The van der Waals surface area contributed by atoms with Gasteiger partial charge in [0.05, 0.1) is 5.69 Å². The number of aliphatic imine (C=N–C) groups is 1. The first-order valence-corrected chi connectivity index (χ1v) is 12.5. The van der Waals surface area contributed by atoms with E-state index in [9.17, 15) is 4.79 Å². The number of likely N-dealkylation sites (tertiary alicyclic amines) is 1. The second-order valence-electron chi connectivity index (χ2n) is 8.52. The summed E-state index contributed by atoms with van der Waals surface area (Å²) in [6, 6.07) is 16.2. The van der Waals surface area contributed by atoms with E-state index in [1.807, 2.05) is 30.3 Å². The summed E-state index contributed by atoms with van der Waals surface area (Å²) in [5, 5.41) is 3.07. The number of carbonyl (C=O) groups is 1. The molecule has 2 aromatic carbocycles. The third kappa shape index (κ3) is 4.68. The van der Waals surface area contributed by atoms with Crippen LogP contribution in [0.2, 0.25) is 0 Å². The fourth-order valence-electron chi connectivity index (χ4n) is 4.49. The average Bonchev–Trinajstić information content (AvgIpc) is 3.01. The summed E-state index contributed by atoms with van der Waals surface area (Å²) in [5.41, 5.74) is 4.08. The Hall–Kier alpha value is -2.79. The highest BCUT2D eigenvalue weighted by Gasteiger charge is 2.26. The van der Waals surface area contributed by atoms with Crippen molar-refractivity contribution in [2.75, 3.05) is 19.6 Å². The summed E-state index contributed by atoms with van der Waals surface area (Å²) in [6.07, 6.45) is 11.4. The molecule has 32 heavy (non-hydrogen) atoms. The summed E-state index contributed by atoms with van der Waals surface area (Å²) in [5.74, 6) is 1.05. The van der Waals surface area contributed by atoms with Gasteiger partial charge in [-0.15, -0.1) is 0 Å². The number of allylic oxidation sites excluding steroid dienone is 2. The third-order valence-corrected chi connectivity index (χ3v) is 7.39. The number of hydrogen-bond donors (Lipinski definition) is 1. The lowest BCUT2D eigenvalue weighted by Crippen LogP contribution is -2.37. The lowest BCUT2D eigenvalue weighted by molar-refractivity contribution is 0.0954. The van der Waals surface area contributed by atoms with Gasteiger partial charge in [-0.2, -0.15) is 0 Å². The van der Waals surface area contributed by atoms with Crippen LogP contribution in [-0.2, 0) is 6.42 Å². The second-order valence-corrected chi connectivity index (χ2v) is 9.61. The number of thioether (sulfide) groups is 1. The van der Waals surface area contributed by atoms with Crippen LogP contribution in [0.15, 0.2) is 81.0 Å². The van der Waals surface area contributed by atoms with E-state index < -0.39 is 0 Å². The van der Waals surface area contributed by atoms with E-state index in [0.29, 0.717) is 12.1 Å². The number of piperidine rings is 1. The van der Waals surface area contributed by atoms with Gasteiger partial charge < -0.3 is 10.2 Å². The largest absolute Gasteiger partial charge is 0.356 e. The quantitative estimate of drug-likeness (QED) is 0.641. The number of amides is 1. The zero-order chi connectivity index (χ0) is 21.8. The molecular weight excluding hydrogens is 414 g/mol. The maximum atomic E-state index is 12.8. The number of hydrogen-bond acceptors (Lipinski definition) is 4. The van der Waals surface area contributed by atoms with E-state index in [2.05, 4.69) is 40.6 Å².